The summed E-state index contributed by atoms with van der Waals surface area (Å²) >= 11 is 0. The minimum Gasteiger partial charge on any atom is -0.464 e. The number of rotatable bonds is 5. The first-order valence-electron chi connectivity index (χ1n) is 8.73. The highest BCUT2D eigenvalue weighted by Crippen LogP contribution is 2.25. The zero-order valence-corrected chi connectivity index (χ0v) is 15.9. The van der Waals surface area contributed by atoms with Crippen molar-refractivity contribution < 1.29 is 17.6 Å². The molecule has 26 heavy (non-hydrogen) atoms. The first-order valence-corrected chi connectivity index (χ1v) is 10.2. The number of carbonyl (C=O) groups excluding carboxylic acids is 1. The van der Waals surface area contributed by atoms with Gasteiger partial charge in [0.15, 0.2) is 0 Å². The fourth-order valence-electron chi connectivity index (χ4n) is 3.28. The normalized spacial score (nSPS) is 16.5. The lowest BCUT2D eigenvalue weighted by Crippen LogP contribution is -2.43. The summed E-state index contributed by atoms with van der Waals surface area (Å²) in [4.78, 5) is 14.6. The highest BCUT2D eigenvalue weighted by molar-refractivity contribution is 7.89. The predicted octanol–water partition coefficient (Wildman–Crippen LogP) is 2.65. The molecule has 0 aliphatic carbocycles. The van der Waals surface area contributed by atoms with Crippen LogP contribution >= 0.6 is 0 Å². The molecule has 1 amide bonds. The van der Waals surface area contributed by atoms with E-state index in [-0.39, 0.29) is 11.8 Å². The summed E-state index contributed by atoms with van der Waals surface area (Å²) in [6.07, 6.45) is 1.07. The van der Waals surface area contributed by atoms with Gasteiger partial charge in [0.05, 0.1) is 11.4 Å². The molecule has 0 unspecified atom stereocenters. The van der Waals surface area contributed by atoms with Gasteiger partial charge in [0.1, 0.15) is 11.5 Å². The van der Waals surface area contributed by atoms with Crippen LogP contribution in [0.1, 0.15) is 24.4 Å². The summed E-state index contributed by atoms with van der Waals surface area (Å²) in [6.45, 7) is 3.02. The Labute approximate surface area is 154 Å². The Bertz CT molecular complexity index is 853. The van der Waals surface area contributed by atoms with Crippen LogP contribution in [0.15, 0.2) is 51.8 Å². The van der Waals surface area contributed by atoms with E-state index >= 15 is 0 Å². The van der Waals surface area contributed by atoms with Gasteiger partial charge in [0.25, 0.3) is 0 Å². The first kappa shape index (κ1) is 18.7. The van der Waals surface area contributed by atoms with Crippen LogP contribution in [-0.4, -0.2) is 43.7 Å². The number of benzene rings is 1. The molecule has 140 valence electrons. The number of nitrogens with zero attached hydrogens (tertiary/aromatic N) is 2. The van der Waals surface area contributed by atoms with Crippen molar-refractivity contribution in [2.24, 2.45) is 5.92 Å². The lowest BCUT2D eigenvalue weighted by atomic mass is 9.96. The van der Waals surface area contributed by atoms with E-state index in [0.717, 1.165) is 11.5 Å². The Morgan fingerprint density at radius 1 is 1.15 bits per heavy atom. The maximum atomic E-state index is 12.7. The Balaban J connectivity index is 1.58. The number of hydrogen-bond donors (Lipinski definition) is 0. The number of sulfonamides is 1. The Hall–Kier alpha value is -2.12. The van der Waals surface area contributed by atoms with Crippen LogP contribution in [0.3, 0.4) is 0 Å². The molecule has 0 bridgehead atoms. The van der Waals surface area contributed by atoms with Crippen LogP contribution in [0, 0.1) is 12.8 Å². The molecule has 3 rings (SSSR count). The molecule has 1 aliphatic heterocycles. The molecule has 0 N–H and O–H groups in total. The van der Waals surface area contributed by atoms with Gasteiger partial charge < -0.3 is 9.32 Å². The maximum Gasteiger partial charge on any atom is 0.243 e. The quantitative estimate of drug-likeness (QED) is 0.804. The van der Waals surface area contributed by atoms with Gasteiger partial charge in [-0.1, -0.05) is 18.2 Å². The number of amides is 1. The highest BCUT2D eigenvalue weighted by Gasteiger charge is 2.33. The monoisotopic (exact) mass is 376 g/mol. The standard InChI is InChI=1S/C19H24N2O4S/c1-15-8-9-17(25-15)14-20(2)19(22)16-10-12-21(13-11-16)26(23,24)18-6-4-3-5-7-18/h3-9,16H,10-14H2,1-2H3. The van der Waals surface area contributed by atoms with Crippen molar-refractivity contribution in [1.29, 1.82) is 0 Å². The topological polar surface area (TPSA) is 70.8 Å². The molecule has 0 atom stereocenters. The van der Waals surface area contributed by atoms with Gasteiger partial charge in [-0.05, 0) is 44.0 Å². The zero-order valence-electron chi connectivity index (χ0n) is 15.1. The molecule has 0 spiro atoms. The number of carbonyl (C=O) groups is 1. The SMILES string of the molecule is Cc1ccc(CN(C)C(=O)C2CCN(S(=O)(=O)c3ccccc3)CC2)o1. The minimum absolute atomic E-state index is 0.0378. The average molecular weight is 376 g/mol. The van der Waals surface area contributed by atoms with Gasteiger partial charge in [0.2, 0.25) is 15.9 Å². The van der Waals surface area contributed by atoms with Gasteiger partial charge in [0, 0.05) is 26.1 Å². The van der Waals surface area contributed by atoms with E-state index in [1.165, 1.54) is 4.31 Å². The lowest BCUT2D eigenvalue weighted by Gasteiger charge is -2.32. The molecule has 2 heterocycles. The molecule has 1 aromatic heterocycles. The van der Waals surface area contributed by atoms with Gasteiger partial charge >= 0.3 is 0 Å². The van der Waals surface area contributed by atoms with E-state index in [1.807, 2.05) is 19.1 Å². The lowest BCUT2D eigenvalue weighted by molar-refractivity contribution is -0.136. The van der Waals surface area contributed by atoms with Crippen LogP contribution < -0.4 is 0 Å². The molecule has 1 fully saturated rings. The van der Waals surface area contributed by atoms with Gasteiger partial charge in [-0.3, -0.25) is 4.79 Å². The van der Waals surface area contributed by atoms with E-state index in [4.69, 9.17) is 4.42 Å². The van der Waals surface area contributed by atoms with Gasteiger partial charge in [-0.25, -0.2) is 8.42 Å². The molecule has 2 aromatic rings. The fraction of sp³-hybridized carbons (Fsp3) is 0.421. The molecule has 1 saturated heterocycles. The largest absolute Gasteiger partial charge is 0.464 e. The molecule has 0 saturated carbocycles. The Morgan fingerprint density at radius 3 is 2.38 bits per heavy atom. The smallest absolute Gasteiger partial charge is 0.243 e. The van der Waals surface area contributed by atoms with Crippen molar-refractivity contribution in [3.63, 3.8) is 0 Å². The summed E-state index contributed by atoms with van der Waals surface area (Å²) in [5, 5.41) is 0. The van der Waals surface area contributed by atoms with Crippen LogP contribution in [0.5, 0.6) is 0 Å². The minimum atomic E-state index is -3.48. The Kier molecular flexibility index (Phi) is 5.48. The third-order valence-corrected chi connectivity index (χ3v) is 6.66. The molecular weight excluding hydrogens is 352 g/mol. The van der Waals surface area contributed by atoms with Crippen molar-refractivity contribution in [2.75, 3.05) is 20.1 Å². The van der Waals surface area contributed by atoms with E-state index < -0.39 is 10.0 Å². The van der Waals surface area contributed by atoms with Crippen molar-refractivity contribution >= 4 is 15.9 Å². The van der Waals surface area contributed by atoms with E-state index in [1.54, 1.807) is 42.3 Å². The number of furan rings is 1. The average Bonchev–Trinajstić information content (AvgIpc) is 3.06. The summed E-state index contributed by atoms with van der Waals surface area (Å²) in [7, 11) is -1.73. The van der Waals surface area contributed by atoms with Crippen LogP contribution in [0.25, 0.3) is 0 Å². The van der Waals surface area contributed by atoms with Crippen LogP contribution in [-0.2, 0) is 21.4 Å². The van der Waals surface area contributed by atoms with Crippen molar-refractivity contribution in [3.8, 4) is 0 Å². The second-order valence-electron chi connectivity index (χ2n) is 6.70. The summed E-state index contributed by atoms with van der Waals surface area (Å²) in [6, 6.07) is 12.2. The summed E-state index contributed by atoms with van der Waals surface area (Å²) in [5.41, 5.74) is 0. The van der Waals surface area contributed by atoms with E-state index in [0.29, 0.717) is 37.4 Å². The van der Waals surface area contributed by atoms with Gasteiger partial charge in [-0.2, -0.15) is 4.31 Å². The zero-order chi connectivity index (χ0) is 18.7. The van der Waals surface area contributed by atoms with Crippen molar-refractivity contribution in [3.05, 3.63) is 54.0 Å². The molecule has 1 aliphatic rings. The van der Waals surface area contributed by atoms with E-state index in [2.05, 4.69) is 0 Å². The predicted molar refractivity (Wildman–Crippen MR) is 97.8 cm³/mol. The summed E-state index contributed by atoms with van der Waals surface area (Å²) < 4.78 is 32.3. The second kappa shape index (κ2) is 7.63. The number of piperidine rings is 1. The second-order valence-corrected chi connectivity index (χ2v) is 8.64. The molecule has 7 heteroatoms. The number of hydrogen-bond acceptors (Lipinski definition) is 4. The summed E-state index contributed by atoms with van der Waals surface area (Å²) in [5.74, 6) is 1.46. The Morgan fingerprint density at radius 2 is 1.81 bits per heavy atom. The molecular formula is C19H24N2O4S. The van der Waals surface area contributed by atoms with Crippen LogP contribution in [0.2, 0.25) is 0 Å². The third-order valence-electron chi connectivity index (χ3n) is 4.75. The first-order chi connectivity index (χ1) is 12.4. The maximum absolute atomic E-state index is 12.7. The van der Waals surface area contributed by atoms with Crippen LogP contribution in [0.4, 0.5) is 0 Å². The fourth-order valence-corrected chi connectivity index (χ4v) is 4.77. The van der Waals surface area contributed by atoms with Crippen molar-refractivity contribution in [1.82, 2.24) is 9.21 Å². The number of aryl methyl sites for hydroxylation is 1. The van der Waals surface area contributed by atoms with Crippen molar-refractivity contribution in [2.45, 2.75) is 31.2 Å². The third kappa shape index (κ3) is 3.99. The van der Waals surface area contributed by atoms with E-state index in [9.17, 15) is 13.2 Å². The molecule has 6 nitrogen and oxygen atoms in total. The van der Waals surface area contributed by atoms with Gasteiger partial charge in [-0.15, -0.1) is 0 Å². The molecule has 1 aromatic carbocycles. The highest BCUT2D eigenvalue weighted by atomic mass is 32.2. The molecule has 0 radical (unpaired) electrons.